The van der Waals surface area contributed by atoms with Crippen LogP contribution in [0.2, 0.25) is 0 Å². The highest BCUT2D eigenvalue weighted by Crippen LogP contribution is 2.59. The quantitative estimate of drug-likeness (QED) is 0.188. The van der Waals surface area contributed by atoms with Crippen molar-refractivity contribution in [3.63, 3.8) is 0 Å². The number of methoxy groups -OCH3 is 1. The van der Waals surface area contributed by atoms with Crippen LogP contribution in [0, 0.1) is 6.92 Å². The van der Waals surface area contributed by atoms with E-state index in [0.29, 0.717) is 0 Å². The summed E-state index contributed by atoms with van der Waals surface area (Å²) in [6.07, 6.45) is 4.66. The molecule has 0 bridgehead atoms. The van der Waals surface area contributed by atoms with Gasteiger partial charge in [0, 0.05) is 32.9 Å². The van der Waals surface area contributed by atoms with Gasteiger partial charge in [0.15, 0.2) is 5.60 Å². The van der Waals surface area contributed by atoms with E-state index in [1.165, 1.54) is 71.8 Å². The maximum atomic E-state index is 7.67. The second-order valence-electron chi connectivity index (χ2n) is 15.7. The number of rotatable bonds is 3. The highest BCUT2D eigenvalue weighted by Gasteiger charge is 2.45. The van der Waals surface area contributed by atoms with Crippen molar-refractivity contribution in [2.75, 3.05) is 7.11 Å². The third-order valence-corrected chi connectivity index (χ3v) is 12.2. The number of hydrogen-bond donors (Lipinski definition) is 0. The lowest BCUT2D eigenvalue weighted by molar-refractivity contribution is 0.163. The maximum Gasteiger partial charge on any atom is 0.178 e. The molecule has 1 heterocycles. The minimum Gasteiger partial charge on any atom is -0.497 e. The Kier molecular flexibility index (Phi) is 6.07. The first-order valence-corrected chi connectivity index (χ1v) is 18.0. The topological polar surface area (TPSA) is 18.5 Å². The number of fused-ring (bicyclic) bond motifs is 13. The fraction of sp³-hybridized carbons (Fsp3) is 0.184. The molecule has 51 heavy (non-hydrogen) atoms. The first-order chi connectivity index (χ1) is 24.6. The molecule has 0 fully saturated rings. The molecule has 0 amide bonds. The van der Waals surface area contributed by atoms with Crippen molar-refractivity contribution in [2.45, 2.75) is 51.0 Å². The molecule has 2 nitrogen and oxygen atoms in total. The zero-order valence-corrected chi connectivity index (χ0v) is 30.0. The predicted molar refractivity (Wildman–Crippen MR) is 211 cm³/mol. The Bertz CT molecular complexity index is 2650. The molecular formula is C49H40O2. The number of benzene rings is 7. The van der Waals surface area contributed by atoms with Crippen LogP contribution in [-0.2, 0) is 16.4 Å². The molecule has 1 aliphatic heterocycles. The van der Waals surface area contributed by atoms with E-state index in [2.05, 4.69) is 156 Å². The molecule has 0 spiro atoms. The molecule has 1 unspecified atom stereocenters. The molecule has 0 N–H and O–H groups in total. The Morgan fingerprint density at radius 2 is 1.24 bits per heavy atom. The van der Waals surface area contributed by atoms with Gasteiger partial charge in [-0.2, -0.15) is 0 Å². The zero-order chi connectivity index (χ0) is 34.9. The highest BCUT2D eigenvalue weighted by atomic mass is 16.5. The first-order valence-electron chi connectivity index (χ1n) is 18.0. The maximum absolute atomic E-state index is 7.67. The van der Waals surface area contributed by atoms with Crippen molar-refractivity contribution in [3.8, 4) is 33.8 Å². The van der Waals surface area contributed by atoms with Gasteiger partial charge in [0.2, 0.25) is 0 Å². The Morgan fingerprint density at radius 1 is 0.569 bits per heavy atom. The average Bonchev–Trinajstić information content (AvgIpc) is 3.54. The standard InChI is InChI=1S/C49H40O2/c1-29-15-22-38-41(27-29)48(4,5)45-39-25-26-49(31-17-20-33(50-6)21-18-31,51-46(39)36-14-10-9-13-35(36)44(38)45)32-19-23-37-42(28-32)47(2,3)40-24-16-30-11-7-8-12-34(30)43(37)40/h7-28H,1-6H3. The summed E-state index contributed by atoms with van der Waals surface area (Å²) in [5.74, 6) is 1.76. The minimum atomic E-state index is -0.871. The van der Waals surface area contributed by atoms with Gasteiger partial charge in [-0.1, -0.05) is 142 Å². The van der Waals surface area contributed by atoms with E-state index in [-0.39, 0.29) is 10.8 Å². The van der Waals surface area contributed by atoms with E-state index in [9.17, 15) is 0 Å². The second-order valence-corrected chi connectivity index (χ2v) is 15.7. The van der Waals surface area contributed by atoms with Gasteiger partial charge in [0.25, 0.3) is 0 Å². The van der Waals surface area contributed by atoms with Crippen LogP contribution in [0.3, 0.4) is 0 Å². The average molecular weight is 661 g/mol. The Balaban J connectivity index is 1.23. The van der Waals surface area contributed by atoms with Crippen LogP contribution >= 0.6 is 0 Å². The highest BCUT2D eigenvalue weighted by molar-refractivity contribution is 6.08. The van der Waals surface area contributed by atoms with Gasteiger partial charge in [0.1, 0.15) is 11.5 Å². The summed E-state index contributed by atoms with van der Waals surface area (Å²) in [4.78, 5) is 0. The summed E-state index contributed by atoms with van der Waals surface area (Å²) in [6, 6.07) is 44.6. The zero-order valence-electron chi connectivity index (χ0n) is 30.0. The Morgan fingerprint density at radius 3 is 2.02 bits per heavy atom. The largest absolute Gasteiger partial charge is 0.497 e. The van der Waals surface area contributed by atoms with Gasteiger partial charge in [-0.15, -0.1) is 0 Å². The van der Waals surface area contributed by atoms with Crippen LogP contribution in [0.5, 0.6) is 11.5 Å². The molecule has 3 aliphatic rings. The number of hydrogen-bond acceptors (Lipinski definition) is 2. The fourth-order valence-corrected chi connectivity index (χ4v) is 9.60. The second kappa shape index (κ2) is 10.2. The fourth-order valence-electron chi connectivity index (χ4n) is 9.60. The van der Waals surface area contributed by atoms with Crippen LogP contribution < -0.4 is 9.47 Å². The Labute approximate surface area is 300 Å². The lowest BCUT2D eigenvalue weighted by Crippen LogP contribution is -2.35. The lowest BCUT2D eigenvalue weighted by Gasteiger charge is -2.39. The molecular weight excluding hydrogens is 621 g/mol. The van der Waals surface area contributed by atoms with Gasteiger partial charge >= 0.3 is 0 Å². The molecule has 0 saturated carbocycles. The van der Waals surface area contributed by atoms with E-state index in [0.717, 1.165) is 28.0 Å². The molecule has 1 atom stereocenters. The van der Waals surface area contributed by atoms with E-state index < -0.39 is 5.60 Å². The molecule has 0 radical (unpaired) electrons. The van der Waals surface area contributed by atoms with E-state index in [1.807, 2.05) is 12.1 Å². The molecule has 7 aromatic carbocycles. The SMILES string of the molecule is COc1ccc(C2(c3ccc4c(c3)C(C)(C)c3ccc5ccccc5c3-4)C=Cc3c4c(c5ccccc5c3O2)-c2ccc(C)cc2C4(C)C)cc1. The van der Waals surface area contributed by atoms with Crippen LogP contribution in [0.4, 0.5) is 0 Å². The third-order valence-electron chi connectivity index (χ3n) is 12.2. The van der Waals surface area contributed by atoms with Crippen molar-refractivity contribution in [2.24, 2.45) is 0 Å². The lowest BCUT2D eigenvalue weighted by atomic mass is 9.75. The van der Waals surface area contributed by atoms with Gasteiger partial charge < -0.3 is 9.47 Å². The molecule has 2 aliphatic carbocycles. The summed E-state index contributed by atoms with van der Waals surface area (Å²) in [6.45, 7) is 11.7. The van der Waals surface area contributed by atoms with E-state index >= 15 is 0 Å². The number of ether oxygens (including phenoxy) is 2. The van der Waals surface area contributed by atoms with Crippen LogP contribution in [0.1, 0.15) is 72.2 Å². The summed E-state index contributed by atoms with van der Waals surface area (Å²) < 4.78 is 13.3. The van der Waals surface area contributed by atoms with Crippen molar-refractivity contribution < 1.29 is 9.47 Å². The first kappa shape index (κ1) is 30.2. The third kappa shape index (κ3) is 3.94. The molecule has 7 aromatic rings. The summed E-state index contributed by atoms with van der Waals surface area (Å²) in [7, 11) is 1.72. The summed E-state index contributed by atoms with van der Waals surface area (Å²) >= 11 is 0. The smallest absolute Gasteiger partial charge is 0.178 e. The van der Waals surface area contributed by atoms with Crippen molar-refractivity contribution in [1.82, 2.24) is 0 Å². The Hall–Kier alpha value is -5.60. The minimum absolute atomic E-state index is 0.177. The monoisotopic (exact) mass is 660 g/mol. The molecule has 2 heteroatoms. The van der Waals surface area contributed by atoms with Gasteiger partial charge in [0.05, 0.1) is 7.11 Å². The molecule has 248 valence electrons. The van der Waals surface area contributed by atoms with Crippen LogP contribution in [-0.4, -0.2) is 7.11 Å². The van der Waals surface area contributed by atoms with Crippen molar-refractivity contribution in [3.05, 3.63) is 172 Å². The normalized spacial score (nSPS) is 18.5. The van der Waals surface area contributed by atoms with Crippen LogP contribution in [0.15, 0.2) is 127 Å². The number of aryl methyl sites for hydroxylation is 1. The molecule has 0 saturated heterocycles. The summed E-state index contributed by atoms with van der Waals surface area (Å²) in [5.41, 5.74) is 14.1. The van der Waals surface area contributed by atoms with Gasteiger partial charge in [-0.3, -0.25) is 0 Å². The van der Waals surface area contributed by atoms with Gasteiger partial charge in [-0.05, 0) is 91.9 Å². The summed E-state index contributed by atoms with van der Waals surface area (Å²) in [5, 5.41) is 4.95. The van der Waals surface area contributed by atoms with Crippen LogP contribution in [0.25, 0.3) is 49.9 Å². The van der Waals surface area contributed by atoms with Crippen molar-refractivity contribution in [1.29, 1.82) is 0 Å². The van der Waals surface area contributed by atoms with E-state index in [4.69, 9.17) is 9.47 Å². The molecule has 10 rings (SSSR count). The van der Waals surface area contributed by atoms with Crippen molar-refractivity contribution >= 4 is 27.6 Å². The van der Waals surface area contributed by atoms with Gasteiger partial charge in [-0.25, -0.2) is 0 Å². The van der Waals surface area contributed by atoms with E-state index in [1.54, 1.807) is 7.11 Å². The molecule has 0 aromatic heterocycles. The predicted octanol–water partition coefficient (Wildman–Crippen LogP) is 12.3.